The highest BCUT2D eigenvalue weighted by atomic mass is 16.4. The van der Waals surface area contributed by atoms with Crippen LogP contribution in [0.5, 0.6) is 0 Å². The van der Waals surface area contributed by atoms with Crippen molar-refractivity contribution in [3.8, 4) is 0 Å². The number of fused-ring (bicyclic) bond motifs is 1. The molecule has 2 aromatic rings. The summed E-state index contributed by atoms with van der Waals surface area (Å²) in [6.07, 6.45) is -0.00957. The summed E-state index contributed by atoms with van der Waals surface area (Å²) in [4.78, 5) is 74.5. The van der Waals surface area contributed by atoms with Crippen molar-refractivity contribution in [1.82, 2.24) is 20.9 Å². The molecule has 14 heteroatoms. The van der Waals surface area contributed by atoms with Gasteiger partial charge < -0.3 is 42.6 Å². The summed E-state index contributed by atoms with van der Waals surface area (Å²) in [6, 6.07) is 2.80. The average molecular weight is 505 g/mol. The van der Waals surface area contributed by atoms with Gasteiger partial charge in [0.15, 0.2) is 0 Å². The molecule has 0 saturated carbocycles. The Hall–Kier alpha value is -4.46. The summed E-state index contributed by atoms with van der Waals surface area (Å²) in [7, 11) is 0. The summed E-state index contributed by atoms with van der Waals surface area (Å²) in [5.74, 6) is -6.26. The fraction of sp³-hybridized carbons (Fsp3) is 0.364. The monoisotopic (exact) mass is 504 g/mol. The number of aromatic amines is 1. The third kappa shape index (κ3) is 8.09. The number of carboxylic acid groups (broad SMARTS) is 2. The molecule has 0 saturated heterocycles. The number of para-hydroxylation sites is 1. The Morgan fingerprint density at radius 2 is 1.56 bits per heavy atom. The predicted octanol–water partition coefficient (Wildman–Crippen LogP) is -2.05. The molecular weight excluding hydrogens is 476 g/mol. The maximum atomic E-state index is 12.9. The van der Waals surface area contributed by atoms with Gasteiger partial charge in [-0.2, -0.15) is 0 Å². The van der Waals surface area contributed by atoms with Gasteiger partial charge in [0.25, 0.3) is 0 Å². The molecule has 1 aromatic heterocycles. The van der Waals surface area contributed by atoms with E-state index in [1.54, 1.807) is 30.5 Å². The number of aromatic nitrogens is 1. The van der Waals surface area contributed by atoms with Crippen LogP contribution < -0.4 is 27.4 Å². The number of carboxylic acids is 2. The van der Waals surface area contributed by atoms with Gasteiger partial charge in [-0.1, -0.05) is 18.2 Å². The fourth-order valence-corrected chi connectivity index (χ4v) is 3.47. The Bertz CT molecular complexity index is 1150. The smallest absolute Gasteiger partial charge is 0.326 e. The molecule has 0 fully saturated rings. The van der Waals surface area contributed by atoms with Crippen molar-refractivity contribution in [3.63, 3.8) is 0 Å². The highest BCUT2D eigenvalue weighted by Gasteiger charge is 2.31. The van der Waals surface area contributed by atoms with E-state index in [0.29, 0.717) is 5.56 Å². The highest BCUT2D eigenvalue weighted by molar-refractivity contribution is 5.96. The molecule has 0 bridgehead atoms. The fourth-order valence-electron chi connectivity index (χ4n) is 3.47. The van der Waals surface area contributed by atoms with Gasteiger partial charge in [0.1, 0.15) is 18.1 Å². The molecule has 36 heavy (non-hydrogen) atoms. The van der Waals surface area contributed by atoms with Crippen molar-refractivity contribution in [2.75, 3.05) is 6.54 Å². The third-order valence-corrected chi connectivity index (χ3v) is 5.24. The van der Waals surface area contributed by atoms with Crippen LogP contribution in [0.25, 0.3) is 10.9 Å². The lowest BCUT2D eigenvalue weighted by Gasteiger charge is -2.24. The van der Waals surface area contributed by atoms with Gasteiger partial charge in [-0.3, -0.25) is 24.0 Å². The normalized spacial score (nSPS) is 13.2. The summed E-state index contributed by atoms with van der Waals surface area (Å²) in [6.45, 7) is -0.487. The number of rotatable bonds is 14. The lowest BCUT2D eigenvalue weighted by molar-refractivity contribution is -0.143. The van der Waals surface area contributed by atoms with Crippen molar-refractivity contribution in [2.45, 2.75) is 43.8 Å². The number of carbonyl (C=O) groups is 6. The van der Waals surface area contributed by atoms with Gasteiger partial charge in [-0.15, -0.1) is 0 Å². The zero-order valence-electron chi connectivity index (χ0n) is 19.2. The lowest BCUT2D eigenvalue weighted by Crippen LogP contribution is -2.57. The standard InChI is InChI=1S/C22H28N6O8/c23-9-18(30)26-15(8-17(24)29)21(34)27-14(5-6-19(31)32)20(33)28-16(22(35)36)7-11-10-25-13-4-2-1-3-12(11)13/h1-4,10,14-16,25H,5-9,23H2,(H2,24,29)(H,26,30)(H,27,34)(H,28,33)(H,31,32)(H,35,36). The number of H-pyrrole nitrogens is 1. The van der Waals surface area contributed by atoms with Gasteiger partial charge in [-0.25, -0.2) is 4.79 Å². The van der Waals surface area contributed by atoms with Gasteiger partial charge in [-0.05, 0) is 18.1 Å². The Morgan fingerprint density at radius 1 is 0.917 bits per heavy atom. The second-order valence-electron chi connectivity index (χ2n) is 7.95. The number of carbonyl (C=O) groups excluding carboxylic acids is 4. The van der Waals surface area contributed by atoms with Crippen molar-refractivity contribution in [1.29, 1.82) is 0 Å². The molecule has 1 aromatic carbocycles. The molecule has 0 aliphatic rings. The summed E-state index contributed by atoms with van der Waals surface area (Å²) < 4.78 is 0. The summed E-state index contributed by atoms with van der Waals surface area (Å²) >= 11 is 0. The van der Waals surface area contributed by atoms with E-state index in [1.165, 1.54) is 0 Å². The van der Waals surface area contributed by atoms with Gasteiger partial charge in [0.05, 0.1) is 13.0 Å². The molecule has 10 N–H and O–H groups in total. The van der Waals surface area contributed by atoms with Crippen molar-refractivity contribution < 1.29 is 39.0 Å². The van der Waals surface area contributed by atoms with Crippen LogP contribution in [0.1, 0.15) is 24.8 Å². The van der Waals surface area contributed by atoms with Crippen LogP contribution >= 0.6 is 0 Å². The van der Waals surface area contributed by atoms with Gasteiger partial charge in [0.2, 0.25) is 23.6 Å². The van der Waals surface area contributed by atoms with E-state index < -0.39 is 73.1 Å². The highest BCUT2D eigenvalue weighted by Crippen LogP contribution is 2.19. The zero-order valence-corrected chi connectivity index (χ0v) is 19.2. The van der Waals surface area contributed by atoms with E-state index in [1.807, 2.05) is 0 Å². The van der Waals surface area contributed by atoms with E-state index in [4.69, 9.17) is 16.6 Å². The quantitative estimate of drug-likeness (QED) is 0.141. The molecule has 14 nitrogen and oxygen atoms in total. The molecule has 3 unspecified atom stereocenters. The van der Waals surface area contributed by atoms with Gasteiger partial charge in [0, 0.05) is 29.9 Å². The van der Waals surface area contributed by atoms with Crippen LogP contribution in [0.3, 0.4) is 0 Å². The number of nitrogens with one attached hydrogen (secondary N) is 4. The van der Waals surface area contributed by atoms with Crippen molar-refractivity contribution in [3.05, 3.63) is 36.0 Å². The van der Waals surface area contributed by atoms with Crippen LogP contribution in [0, 0.1) is 0 Å². The minimum Gasteiger partial charge on any atom is -0.481 e. The molecule has 1 heterocycles. The number of hydrogen-bond acceptors (Lipinski definition) is 7. The minimum absolute atomic E-state index is 0.0957. The summed E-state index contributed by atoms with van der Waals surface area (Å²) in [5.41, 5.74) is 11.7. The van der Waals surface area contributed by atoms with Gasteiger partial charge >= 0.3 is 11.9 Å². The van der Waals surface area contributed by atoms with E-state index in [2.05, 4.69) is 20.9 Å². The second-order valence-corrected chi connectivity index (χ2v) is 7.95. The molecular formula is C22H28N6O8. The number of hydrogen-bond donors (Lipinski definition) is 8. The van der Waals surface area contributed by atoms with E-state index >= 15 is 0 Å². The average Bonchev–Trinajstić information content (AvgIpc) is 3.22. The molecule has 0 radical (unpaired) electrons. The number of amides is 4. The Kier molecular flexibility index (Phi) is 9.92. The van der Waals surface area contributed by atoms with E-state index in [9.17, 15) is 33.9 Å². The maximum absolute atomic E-state index is 12.9. The first kappa shape index (κ1) is 27.8. The van der Waals surface area contributed by atoms with E-state index in [0.717, 1.165) is 10.9 Å². The van der Waals surface area contributed by atoms with Crippen LogP contribution in [0.4, 0.5) is 0 Å². The predicted molar refractivity (Wildman–Crippen MR) is 125 cm³/mol. The number of aliphatic carboxylic acids is 2. The molecule has 0 aliphatic carbocycles. The number of primary amides is 1. The Labute approximate surface area is 204 Å². The third-order valence-electron chi connectivity index (χ3n) is 5.24. The minimum atomic E-state index is -1.48. The first-order chi connectivity index (χ1) is 17.0. The SMILES string of the molecule is NCC(=O)NC(CC(N)=O)C(=O)NC(CCC(=O)O)C(=O)NC(Cc1c[nH]c2ccccc12)C(=O)O. The molecule has 0 aliphatic heterocycles. The largest absolute Gasteiger partial charge is 0.481 e. The Morgan fingerprint density at radius 3 is 2.17 bits per heavy atom. The van der Waals surface area contributed by atoms with Crippen LogP contribution in [-0.4, -0.2) is 75.4 Å². The summed E-state index contributed by atoms with van der Waals surface area (Å²) in [5, 5.41) is 26.2. The van der Waals surface area contributed by atoms with Crippen molar-refractivity contribution >= 4 is 46.5 Å². The molecule has 3 atom stereocenters. The first-order valence-corrected chi connectivity index (χ1v) is 10.9. The Balaban J connectivity index is 2.20. The number of nitrogens with two attached hydrogens (primary N) is 2. The second kappa shape index (κ2) is 12.9. The molecule has 2 rings (SSSR count). The van der Waals surface area contributed by atoms with Crippen LogP contribution in [0.15, 0.2) is 30.5 Å². The zero-order chi connectivity index (χ0) is 26.8. The first-order valence-electron chi connectivity index (χ1n) is 10.9. The molecule has 194 valence electrons. The van der Waals surface area contributed by atoms with Crippen molar-refractivity contribution in [2.24, 2.45) is 11.5 Å². The lowest BCUT2D eigenvalue weighted by atomic mass is 10.0. The number of benzene rings is 1. The topological polar surface area (TPSA) is 247 Å². The molecule has 0 spiro atoms. The molecule has 4 amide bonds. The van der Waals surface area contributed by atoms with Crippen LogP contribution in [0.2, 0.25) is 0 Å². The maximum Gasteiger partial charge on any atom is 0.326 e. The van der Waals surface area contributed by atoms with E-state index in [-0.39, 0.29) is 12.8 Å². The van der Waals surface area contributed by atoms with Crippen LogP contribution in [-0.2, 0) is 35.2 Å².